The fourth-order valence-corrected chi connectivity index (χ4v) is 10.7. The molecule has 5 heterocycles. The molecule has 0 unspecified atom stereocenters. The molecule has 4 N–H and O–H groups in total. The summed E-state index contributed by atoms with van der Waals surface area (Å²) >= 11 is 5.12. The van der Waals surface area contributed by atoms with Gasteiger partial charge in [-0.15, -0.1) is 45.3 Å². The van der Waals surface area contributed by atoms with E-state index >= 15 is 0 Å². The summed E-state index contributed by atoms with van der Waals surface area (Å²) in [5.41, 5.74) is 4.63. The van der Waals surface area contributed by atoms with Gasteiger partial charge in [-0.05, 0) is 47.9 Å². The SMILES string of the molecule is O=C1N[C@H](Cc2ccccc2)c2nc(cs2)C(=O)N[C@H](Cc2ccccc2)c2nc(cs2)C(=O)N[C@H](Cc2ccccc2)c2nc(cs2)C(=O)N[C@H](Cc2ccccc2)c2nc1cs2. The van der Waals surface area contributed by atoms with E-state index in [9.17, 15) is 19.2 Å². The summed E-state index contributed by atoms with van der Waals surface area (Å²) in [4.78, 5) is 75.5. The molecule has 0 aliphatic carbocycles. The highest BCUT2D eigenvalue weighted by Crippen LogP contribution is 2.29. The smallest absolute Gasteiger partial charge is 0.271 e. The van der Waals surface area contributed by atoms with Crippen LogP contribution in [0.15, 0.2) is 143 Å². The molecule has 0 saturated carbocycles. The maximum Gasteiger partial charge on any atom is 0.271 e. The summed E-state index contributed by atoms with van der Waals surface area (Å²) in [5, 5.41) is 21.5. The molecule has 4 amide bonds. The van der Waals surface area contributed by atoms with Crippen LogP contribution in [0, 0.1) is 0 Å². The van der Waals surface area contributed by atoms with Crippen molar-refractivity contribution in [1.82, 2.24) is 41.2 Å². The number of carbonyl (C=O) groups is 4. The Labute approximate surface area is 384 Å². The standard InChI is InChI=1S/C48H40N8O4S4/c57-41-37-26-62-46(54-37)34(22-30-15-7-2-8-16-30)51-43(59)39-28-64-48(56-39)36(24-32-19-11-4-12-20-32)52-44(60)40-27-63-47(55-40)35(23-31-17-9-3-10-18-31)50-42(58)38-25-61-45(53-38)33(49-41)21-29-13-5-1-6-14-29/h1-20,25-28,33-36H,21-24H2,(H,49,57)(H,50,58)(H,51,59)(H,52,60)/t33-,34-,35-,36-/m1/s1. The second-order valence-electron chi connectivity index (χ2n) is 15.1. The molecule has 4 atom stereocenters. The number of carbonyl (C=O) groups excluding carboxylic acids is 4. The highest BCUT2D eigenvalue weighted by molar-refractivity contribution is 7.10. The summed E-state index contributed by atoms with van der Waals surface area (Å²) in [6.07, 6.45) is 1.64. The minimum atomic E-state index is -0.596. The van der Waals surface area contributed by atoms with Crippen molar-refractivity contribution in [2.45, 2.75) is 49.9 Å². The fraction of sp³-hybridized carbons (Fsp3) is 0.167. The van der Waals surface area contributed by atoms with Gasteiger partial charge < -0.3 is 21.3 Å². The fourth-order valence-electron chi connectivity index (χ4n) is 7.34. The van der Waals surface area contributed by atoms with Gasteiger partial charge in [0.1, 0.15) is 42.8 Å². The molecule has 0 radical (unpaired) electrons. The molecule has 16 heteroatoms. The van der Waals surface area contributed by atoms with Gasteiger partial charge in [0, 0.05) is 21.5 Å². The molecule has 9 rings (SSSR count). The Balaban J connectivity index is 1.09. The van der Waals surface area contributed by atoms with E-state index in [2.05, 4.69) is 21.3 Å². The Morgan fingerprint density at radius 1 is 0.328 bits per heavy atom. The van der Waals surface area contributed by atoms with Crippen LogP contribution in [0.3, 0.4) is 0 Å². The zero-order valence-electron chi connectivity index (χ0n) is 34.0. The van der Waals surface area contributed by atoms with Crippen LogP contribution in [-0.2, 0) is 25.7 Å². The predicted molar refractivity (Wildman–Crippen MR) is 250 cm³/mol. The van der Waals surface area contributed by atoms with Gasteiger partial charge in [0.05, 0.1) is 24.2 Å². The molecule has 1 aliphatic heterocycles. The minimum absolute atomic E-state index is 0.191. The summed E-state index contributed by atoms with van der Waals surface area (Å²) in [7, 11) is 0. The van der Waals surface area contributed by atoms with Crippen LogP contribution in [0.4, 0.5) is 0 Å². The molecule has 4 aromatic heterocycles. The second kappa shape index (κ2) is 19.8. The van der Waals surface area contributed by atoms with Gasteiger partial charge in [0.15, 0.2) is 0 Å². The van der Waals surface area contributed by atoms with E-state index in [-0.39, 0.29) is 22.8 Å². The molecular formula is C48H40N8O4S4. The average Bonchev–Trinajstić information content (AvgIpc) is 4.17. The lowest BCUT2D eigenvalue weighted by atomic mass is 10.1. The average molecular weight is 921 g/mol. The number of aromatic nitrogens is 4. The first-order chi connectivity index (χ1) is 31.3. The van der Waals surface area contributed by atoms with Crippen molar-refractivity contribution < 1.29 is 19.2 Å². The molecular weight excluding hydrogens is 881 g/mol. The number of hydrogen-bond acceptors (Lipinski definition) is 12. The van der Waals surface area contributed by atoms with E-state index in [1.807, 2.05) is 121 Å². The third-order valence-electron chi connectivity index (χ3n) is 10.6. The third kappa shape index (κ3) is 10.4. The van der Waals surface area contributed by atoms with E-state index in [1.54, 1.807) is 21.5 Å². The van der Waals surface area contributed by atoms with E-state index in [0.29, 0.717) is 45.7 Å². The molecule has 320 valence electrons. The lowest BCUT2D eigenvalue weighted by Crippen LogP contribution is -2.33. The highest BCUT2D eigenvalue weighted by atomic mass is 32.1. The molecule has 8 aromatic rings. The first-order valence-corrected chi connectivity index (χ1v) is 24.0. The number of nitrogens with one attached hydrogen (secondary N) is 4. The Kier molecular flexibility index (Phi) is 13.1. The van der Waals surface area contributed by atoms with Gasteiger partial charge in [0.25, 0.3) is 23.6 Å². The summed E-state index contributed by atoms with van der Waals surface area (Å²) < 4.78 is 0. The van der Waals surface area contributed by atoms with Crippen LogP contribution in [0.1, 0.15) is 108 Å². The molecule has 4 aromatic carbocycles. The molecule has 0 fully saturated rings. The molecule has 0 spiro atoms. The van der Waals surface area contributed by atoms with Gasteiger partial charge in [-0.25, -0.2) is 19.9 Å². The maximum atomic E-state index is 14.1. The van der Waals surface area contributed by atoms with Crippen LogP contribution in [0.25, 0.3) is 0 Å². The van der Waals surface area contributed by atoms with Crippen LogP contribution in [-0.4, -0.2) is 43.6 Å². The molecule has 0 saturated heterocycles. The highest BCUT2D eigenvalue weighted by Gasteiger charge is 2.29. The third-order valence-corrected chi connectivity index (χ3v) is 14.4. The number of amides is 4. The van der Waals surface area contributed by atoms with Crippen LogP contribution >= 0.6 is 45.3 Å². The maximum absolute atomic E-state index is 14.1. The first-order valence-electron chi connectivity index (χ1n) is 20.5. The zero-order chi connectivity index (χ0) is 43.8. The van der Waals surface area contributed by atoms with Crippen LogP contribution in [0.2, 0.25) is 0 Å². The molecule has 12 nitrogen and oxygen atoms in total. The van der Waals surface area contributed by atoms with Gasteiger partial charge in [-0.2, -0.15) is 0 Å². The van der Waals surface area contributed by atoms with Gasteiger partial charge in [-0.1, -0.05) is 121 Å². The van der Waals surface area contributed by atoms with Crippen molar-refractivity contribution in [2.75, 3.05) is 0 Å². The second-order valence-corrected chi connectivity index (χ2v) is 18.7. The number of benzene rings is 4. The van der Waals surface area contributed by atoms with E-state index in [0.717, 1.165) is 22.3 Å². The Morgan fingerprint density at radius 3 is 0.734 bits per heavy atom. The lowest BCUT2D eigenvalue weighted by Gasteiger charge is -2.18. The Morgan fingerprint density at radius 2 is 0.531 bits per heavy atom. The number of hydrogen-bond donors (Lipinski definition) is 4. The summed E-state index contributed by atoms with van der Waals surface area (Å²) in [6, 6.07) is 36.6. The first kappa shape index (κ1) is 42.6. The van der Waals surface area contributed by atoms with Crippen molar-refractivity contribution >= 4 is 69.0 Å². The van der Waals surface area contributed by atoms with Crippen molar-refractivity contribution in [3.8, 4) is 0 Å². The number of thiazole rings is 4. The quantitative estimate of drug-likeness (QED) is 0.117. The monoisotopic (exact) mass is 920 g/mol. The number of nitrogens with zero attached hydrogens (tertiary/aromatic N) is 4. The predicted octanol–water partition coefficient (Wildman–Crippen LogP) is 8.68. The van der Waals surface area contributed by atoms with Crippen LogP contribution in [0.5, 0.6) is 0 Å². The van der Waals surface area contributed by atoms with Gasteiger partial charge >= 0.3 is 0 Å². The molecule has 8 bridgehead atoms. The van der Waals surface area contributed by atoms with Crippen LogP contribution < -0.4 is 21.3 Å². The molecule has 1 aliphatic rings. The number of rotatable bonds is 8. The normalized spacial score (nSPS) is 18.2. The number of fused-ring (bicyclic) bond motifs is 8. The van der Waals surface area contributed by atoms with Gasteiger partial charge in [0.2, 0.25) is 0 Å². The van der Waals surface area contributed by atoms with E-state index in [4.69, 9.17) is 19.9 Å². The largest absolute Gasteiger partial charge is 0.341 e. The van der Waals surface area contributed by atoms with Crippen molar-refractivity contribution in [3.05, 3.63) is 208 Å². The Hall–Kier alpha value is -6.72. The van der Waals surface area contributed by atoms with E-state index < -0.39 is 47.8 Å². The summed E-state index contributed by atoms with van der Waals surface area (Å²) in [6.45, 7) is 0. The summed E-state index contributed by atoms with van der Waals surface area (Å²) in [5.74, 6) is -1.66. The Bertz CT molecular complexity index is 2470. The van der Waals surface area contributed by atoms with E-state index in [1.165, 1.54) is 45.3 Å². The van der Waals surface area contributed by atoms with Gasteiger partial charge in [-0.3, -0.25) is 19.2 Å². The molecule has 64 heavy (non-hydrogen) atoms. The lowest BCUT2D eigenvalue weighted by molar-refractivity contribution is 0.0923. The van der Waals surface area contributed by atoms with Crippen molar-refractivity contribution in [1.29, 1.82) is 0 Å². The zero-order valence-corrected chi connectivity index (χ0v) is 37.3. The van der Waals surface area contributed by atoms with Crippen molar-refractivity contribution in [3.63, 3.8) is 0 Å². The van der Waals surface area contributed by atoms with Crippen molar-refractivity contribution in [2.24, 2.45) is 0 Å². The topological polar surface area (TPSA) is 168 Å². The minimum Gasteiger partial charge on any atom is -0.341 e.